The van der Waals surface area contributed by atoms with Crippen molar-refractivity contribution in [2.45, 2.75) is 12.8 Å². The molecule has 5 heterocycles. The summed E-state index contributed by atoms with van der Waals surface area (Å²) in [5.41, 5.74) is 2.50. The minimum Gasteiger partial charge on any atom is -0.481 e. The molecule has 2 saturated heterocycles. The minimum absolute atomic E-state index is 0.178. The summed E-state index contributed by atoms with van der Waals surface area (Å²) < 4.78 is 7.18. The quantitative estimate of drug-likeness (QED) is 0.662. The molecule has 0 atom stereocenters. The highest BCUT2D eigenvalue weighted by Gasteiger charge is 2.27. The maximum atomic E-state index is 12.6. The van der Waals surface area contributed by atoms with Gasteiger partial charge in [-0.25, -0.2) is 19.3 Å². The molecule has 0 radical (unpaired) electrons. The van der Waals surface area contributed by atoms with Crippen LogP contribution in [0.15, 0.2) is 36.8 Å². The molecule has 0 saturated carbocycles. The number of methoxy groups -OCH3 is 1. The van der Waals surface area contributed by atoms with Gasteiger partial charge in [0.15, 0.2) is 5.65 Å². The fourth-order valence-corrected chi connectivity index (χ4v) is 4.22. The molecule has 2 fully saturated rings. The van der Waals surface area contributed by atoms with Gasteiger partial charge in [-0.2, -0.15) is 5.10 Å². The zero-order valence-electron chi connectivity index (χ0n) is 17.1. The number of hydrogen-bond acceptors (Lipinski definition) is 6. The van der Waals surface area contributed by atoms with Crippen LogP contribution in [0.25, 0.3) is 16.8 Å². The fraction of sp³-hybridized carbons (Fsp3) is 0.429. The highest BCUT2D eigenvalue weighted by Crippen LogP contribution is 2.31. The molecule has 0 aliphatic carbocycles. The summed E-state index contributed by atoms with van der Waals surface area (Å²) in [6.45, 7) is 4.73. The number of fused-ring (bicyclic) bond motifs is 1. The Kier molecular flexibility index (Phi) is 4.86. The van der Waals surface area contributed by atoms with E-state index in [4.69, 9.17) is 9.72 Å². The predicted octanol–water partition coefficient (Wildman–Crippen LogP) is 2.14. The monoisotopic (exact) mass is 407 g/mol. The SMILES string of the molecule is COc1ncccc1-c1cnn2ccc(N3CCN(C(=O)N4CCCC4)CC3)nc12. The van der Waals surface area contributed by atoms with Crippen LogP contribution in [0.2, 0.25) is 0 Å². The first kappa shape index (κ1) is 18.7. The van der Waals surface area contributed by atoms with E-state index in [2.05, 4.69) is 15.0 Å². The van der Waals surface area contributed by atoms with Crippen molar-refractivity contribution in [3.8, 4) is 17.0 Å². The Morgan fingerprint density at radius 1 is 1.00 bits per heavy atom. The van der Waals surface area contributed by atoms with Gasteiger partial charge in [0.25, 0.3) is 0 Å². The summed E-state index contributed by atoms with van der Waals surface area (Å²) in [7, 11) is 1.61. The number of piperazine rings is 1. The lowest BCUT2D eigenvalue weighted by Gasteiger charge is -2.37. The van der Waals surface area contributed by atoms with Crippen molar-refractivity contribution in [2.24, 2.45) is 0 Å². The van der Waals surface area contributed by atoms with E-state index in [1.165, 1.54) is 0 Å². The van der Waals surface area contributed by atoms with Gasteiger partial charge < -0.3 is 19.4 Å². The normalized spacial score (nSPS) is 17.0. The van der Waals surface area contributed by atoms with Crippen LogP contribution in [0.3, 0.4) is 0 Å². The van der Waals surface area contributed by atoms with Gasteiger partial charge in [-0.1, -0.05) is 0 Å². The average Bonchev–Trinajstić information content (AvgIpc) is 3.48. The van der Waals surface area contributed by atoms with Crippen molar-refractivity contribution in [3.05, 3.63) is 36.8 Å². The first-order valence-electron chi connectivity index (χ1n) is 10.4. The molecule has 9 nitrogen and oxygen atoms in total. The van der Waals surface area contributed by atoms with Crippen LogP contribution in [-0.4, -0.2) is 81.8 Å². The molecule has 9 heteroatoms. The van der Waals surface area contributed by atoms with Gasteiger partial charge in [-0.15, -0.1) is 0 Å². The van der Waals surface area contributed by atoms with Gasteiger partial charge in [0, 0.05) is 57.2 Å². The van der Waals surface area contributed by atoms with Gasteiger partial charge in [-0.05, 0) is 31.0 Å². The Morgan fingerprint density at radius 2 is 1.77 bits per heavy atom. The lowest BCUT2D eigenvalue weighted by Crippen LogP contribution is -2.52. The number of carbonyl (C=O) groups is 1. The van der Waals surface area contributed by atoms with Gasteiger partial charge in [0.1, 0.15) is 5.82 Å². The van der Waals surface area contributed by atoms with Gasteiger partial charge in [-0.3, -0.25) is 0 Å². The number of ether oxygens (including phenoxy) is 1. The van der Waals surface area contributed by atoms with Crippen molar-refractivity contribution in [1.82, 2.24) is 29.4 Å². The largest absolute Gasteiger partial charge is 0.481 e. The Balaban J connectivity index is 1.36. The second-order valence-electron chi connectivity index (χ2n) is 7.62. The Bertz CT molecular complexity index is 1050. The second-order valence-corrected chi connectivity index (χ2v) is 7.62. The van der Waals surface area contributed by atoms with Crippen molar-refractivity contribution >= 4 is 17.5 Å². The smallest absolute Gasteiger partial charge is 0.320 e. The summed E-state index contributed by atoms with van der Waals surface area (Å²) in [4.78, 5) is 28.0. The number of carbonyl (C=O) groups excluding carboxylic acids is 1. The Hall–Kier alpha value is -3.36. The van der Waals surface area contributed by atoms with E-state index in [1.807, 2.05) is 34.2 Å². The number of nitrogens with zero attached hydrogens (tertiary/aromatic N) is 7. The highest BCUT2D eigenvalue weighted by atomic mass is 16.5. The molecule has 2 amide bonds. The molecular weight excluding hydrogens is 382 g/mol. The molecule has 0 aromatic carbocycles. The van der Waals surface area contributed by atoms with Crippen LogP contribution in [0.5, 0.6) is 5.88 Å². The third-order valence-electron chi connectivity index (χ3n) is 5.86. The third kappa shape index (κ3) is 3.30. The minimum atomic E-state index is 0.178. The van der Waals surface area contributed by atoms with Crippen molar-refractivity contribution in [3.63, 3.8) is 0 Å². The molecule has 3 aromatic rings. The maximum Gasteiger partial charge on any atom is 0.320 e. The van der Waals surface area contributed by atoms with Crippen LogP contribution >= 0.6 is 0 Å². The van der Waals surface area contributed by atoms with E-state index < -0.39 is 0 Å². The number of rotatable bonds is 3. The Labute approximate surface area is 174 Å². The van der Waals surface area contributed by atoms with Crippen LogP contribution in [-0.2, 0) is 0 Å². The summed E-state index contributed by atoms with van der Waals surface area (Å²) in [5.74, 6) is 1.44. The molecular formula is C21H25N7O2. The molecule has 2 aliphatic rings. The standard InChI is InChI=1S/C21H25N7O2/c1-30-20-16(5-4-7-22-20)17-15-23-28-10-6-18(24-19(17)28)25-11-13-27(14-12-25)21(29)26-8-2-3-9-26/h4-7,10,15H,2-3,8-9,11-14H2,1H3. The summed E-state index contributed by atoms with van der Waals surface area (Å²) >= 11 is 0. The number of pyridine rings is 1. The fourth-order valence-electron chi connectivity index (χ4n) is 4.22. The zero-order chi connectivity index (χ0) is 20.5. The number of amides is 2. The van der Waals surface area contributed by atoms with Gasteiger partial charge >= 0.3 is 6.03 Å². The molecule has 156 valence electrons. The van der Waals surface area contributed by atoms with E-state index in [1.54, 1.807) is 24.0 Å². The molecule has 0 bridgehead atoms. The molecule has 2 aliphatic heterocycles. The number of urea groups is 1. The topological polar surface area (TPSA) is 79.1 Å². The van der Waals surface area contributed by atoms with E-state index in [0.717, 1.165) is 61.6 Å². The predicted molar refractivity (Wildman–Crippen MR) is 113 cm³/mol. The number of anilines is 1. The first-order valence-corrected chi connectivity index (χ1v) is 10.4. The lowest BCUT2D eigenvalue weighted by molar-refractivity contribution is 0.159. The van der Waals surface area contributed by atoms with E-state index in [0.29, 0.717) is 19.0 Å². The van der Waals surface area contributed by atoms with Crippen LogP contribution in [0, 0.1) is 0 Å². The summed E-state index contributed by atoms with van der Waals surface area (Å²) in [6, 6.07) is 5.99. The maximum absolute atomic E-state index is 12.6. The van der Waals surface area contributed by atoms with E-state index in [9.17, 15) is 4.79 Å². The molecule has 30 heavy (non-hydrogen) atoms. The van der Waals surface area contributed by atoms with Crippen molar-refractivity contribution in [1.29, 1.82) is 0 Å². The third-order valence-corrected chi connectivity index (χ3v) is 5.86. The molecule has 0 N–H and O–H groups in total. The van der Waals surface area contributed by atoms with Crippen molar-refractivity contribution in [2.75, 3.05) is 51.3 Å². The summed E-state index contributed by atoms with van der Waals surface area (Å²) in [6.07, 6.45) is 7.65. The number of likely N-dealkylation sites (tertiary alicyclic amines) is 1. The van der Waals surface area contributed by atoms with E-state index in [-0.39, 0.29) is 6.03 Å². The van der Waals surface area contributed by atoms with Crippen molar-refractivity contribution < 1.29 is 9.53 Å². The number of hydrogen-bond donors (Lipinski definition) is 0. The van der Waals surface area contributed by atoms with E-state index >= 15 is 0 Å². The molecule has 5 rings (SSSR count). The van der Waals surface area contributed by atoms with Crippen LogP contribution < -0.4 is 9.64 Å². The zero-order valence-corrected chi connectivity index (χ0v) is 17.1. The van der Waals surface area contributed by atoms with Crippen LogP contribution in [0.4, 0.5) is 10.6 Å². The second kappa shape index (κ2) is 7.81. The Morgan fingerprint density at radius 3 is 2.53 bits per heavy atom. The molecule has 3 aromatic heterocycles. The lowest BCUT2D eigenvalue weighted by atomic mass is 10.1. The average molecular weight is 407 g/mol. The molecule has 0 spiro atoms. The number of aromatic nitrogens is 4. The van der Waals surface area contributed by atoms with Gasteiger partial charge in [0.2, 0.25) is 5.88 Å². The van der Waals surface area contributed by atoms with Crippen LogP contribution in [0.1, 0.15) is 12.8 Å². The first-order chi connectivity index (χ1) is 14.7. The van der Waals surface area contributed by atoms with Gasteiger partial charge in [0.05, 0.1) is 18.9 Å². The molecule has 0 unspecified atom stereocenters. The highest BCUT2D eigenvalue weighted by molar-refractivity contribution is 5.80. The summed E-state index contributed by atoms with van der Waals surface area (Å²) in [5, 5.41) is 4.43.